The lowest BCUT2D eigenvalue weighted by atomic mass is 10.1. The number of carbonyl (C=O) groups excluding carboxylic acids is 1. The zero-order chi connectivity index (χ0) is 10.8. The van der Waals surface area contributed by atoms with E-state index in [0.717, 1.165) is 20.1 Å². The number of ketones is 1. The van der Waals surface area contributed by atoms with Gasteiger partial charge in [-0.25, -0.2) is 4.98 Å². The summed E-state index contributed by atoms with van der Waals surface area (Å²) in [6.45, 7) is 1.94. The van der Waals surface area contributed by atoms with E-state index in [1.807, 2.05) is 23.8 Å². The molecular weight excluding hydrogens is 294 g/mol. The van der Waals surface area contributed by atoms with Gasteiger partial charge in [0, 0.05) is 16.3 Å². The smallest absolute Gasteiger partial charge is 0.169 e. The van der Waals surface area contributed by atoms with Crippen LogP contribution in [0.3, 0.4) is 0 Å². The van der Waals surface area contributed by atoms with Crippen LogP contribution in [0.15, 0.2) is 20.6 Å². The normalized spacial score (nSPS) is 10.5. The van der Waals surface area contributed by atoms with Crippen molar-refractivity contribution in [1.82, 2.24) is 4.98 Å². The van der Waals surface area contributed by atoms with Gasteiger partial charge >= 0.3 is 0 Å². The zero-order valence-corrected chi connectivity index (χ0v) is 11.2. The molecule has 0 fully saturated rings. The molecule has 2 nitrogen and oxygen atoms in total. The average molecular weight is 302 g/mol. The Hall–Kier alpha value is -0.520. The highest BCUT2D eigenvalue weighted by molar-refractivity contribution is 9.11. The molecule has 0 aliphatic heterocycles. The highest BCUT2D eigenvalue weighted by Crippen LogP contribution is 2.22. The van der Waals surface area contributed by atoms with E-state index in [4.69, 9.17) is 0 Å². The van der Waals surface area contributed by atoms with Gasteiger partial charge in [0.05, 0.1) is 20.9 Å². The molecule has 0 aliphatic carbocycles. The summed E-state index contributed by atoms with van der Waals surface area (Å²) in [5.41, 5.74) is 1.63. The number of rotatable bonds is 3. The number of halogens is 1. The van der Waals surface area contributed by atoms with Crippen molar-refractivity contribution in [2.75, 3.05) is 0 Å². The molecule has 0 amide bonds. The van der Waals surface area contributed by atoms with Crippen molar-refractivity contribution in [1.29, 1.82) is 0 Å². The molecular formula is C10H8BrNOS2. The Bertz CT molecular complexity index is 489. The van der Waals surface area contributed by atoms with E-state index in [1.165, 1.54) is 11.3 Å². The van der Waals surface area contributed by atoms with Gasteiger partial charge in [0.25, 0.3) is 0 Å². The minimum Gasteiger partial charge on any atom is -0.294 e. The molecule has 0 atom stereocenters. The molecule has 0 unspecified atom stereocenters. The van der Waals surface area contributed by atoms with Crippen LogP contribution < -0.4 is 0 Å². The van der Waals surface area contributed by atoms with Gasteiger partial charge in [-0.1, -0.05) is 0 Å². The Balaban J connectivity index is 2.10. The molecule has 78 valence electrons. The first-order valence-electron chi connectivity index (χ1n) is 4.33. The summed E-state index contributed by atoms with van der Waals surface area (Å²) in [4.78, 5) is 16.1. The second-order valence-electron chi connectivity index (χ2n) is 3.10. The van der Waals surface area contributed by atoms with Crippen LogP contribution >= 0.6 is 38.6 Å². The van der Waals surface area contributed by atoms with Crippen LogP contribution in [0, 0.1) is 6.92 Å². The highest BCUT2D eigenvalue weighted by atomic mass is 79.9. The van der Waals surface area contributed by atoms with Crippen LogP contribution in [-0.4, -0.2) is 10.8 Å². The van der Waals surface area contributed by atoms with Crippen LogP contribution in [-0.2, 0) is 6.42 Å². The van der Waals surface area contributed by atoms with Gasteiger partial charge in [-0.15, -0.1) is 22.7 Å². The summed E-state index contributed by atoms with van der Waals surface area (Å²) in [5.74, 6) is 0.127. The maximum absolute atomic E-state index is 11.8. The number of Topliss-reactive ketones (excluding diaryl/α,β-unsaturated/α-hetero) is 1. The minimum atomic E-state index is 0.127. The average Bonchev–Trinajstić information content (AvgIpc) is 2.75. The summed E-state index contributed by atoms with van der Waals surface area (Å²) in [5, 5.41) is 4.81. The maximum Gasteiger partial charge on any atom is 0.169 e. The van der Waals surface area contributed by atoms with E-state index in [9.17, 15) is 4.79 Å². The van der Waals surface area contributed by atoms with E-state index in [2.05, 4.69) is 20.9 Å². The first-order chi connectivity index (χ1) is 7.15. The Kier molecular flexibility index (Phi) is 3.33. The van der Waals surface area contributed by atoms with Crippen LogP contribution in [0.4, 0.5) is 0 Å². The summed E-state index contributed by atoms with van der Waals surface area (Å²) >= 11 is 6.45. The quantitative estimate of drug-likeness (QED) is 0.809. The SMILES string of the molecule is Cc1nc(CC(=O)c2csc(Br)c2)cs1. The lowest BCUT2D eigenvalue weighted by Crippen LogP contribution is -2.02. The van der Waals surface area contributed by atoms with Gasteiger partial charge in [0.2, 0.25) is 0 Å². The molecule has 2 aromatic heterocycles. The maximum atomic E-state index is 11.8. The van der Waals surface area contributed by atoms with Gasteiger partial charge < -0.3 is 0 Å². The number of aromatic nitrogens is 1. The summed E-state index contributed by atoms with van der Waals surface area (Å²) < 4.78 is 0.986. The lowest BCUT2D eigenvalue weighted by molar-refractivity contribution is 0.0992. The molecule has 0 radical (unpaired) electrons. The van der Waals surface area contributed by atoms with Crippen molar-refractivity contribution in [3.63, 3.8) is 0 Å². The van der Waals surface area contributed by atoms with Gasteiger partial charge in [-0.3, -0.25) is 4.79 Å². The third-order valence-corrected chi connectivity index (χ3v) is 4.22. The molecule has 2 heterocycles. The molecule has 0 spiro atoms. The third-order valence-electron chi connectivity index (χ3n) is 1.90. The molecule has 2 rings (SSSR count). The second kappa shape index (κ2) is 4.55. The van der Waals surface area contributed by atoms with E-state index in [1.54, 1.807) is 11.3 Å². The molecule has 0 bridgehead atoms. The van der Waals surface area contributed by atoms with Crippen molar-refractivity contribution in [2.45, 2.75) is 13.3 Å². The summed E-state index contributed by atoms with van der Waals surface area (Å²) in [6, 6.07) is 1.85. The molecule has 0 saturated heterocycles. The van der Waals surface area contributed by atoms with E-state index in [-0.39, 0.29) is 5.78 Å². The van der Waals surface area contributed by atoms with Crippen LogP contribution in [0.25, 0.3) is 0 Å². The largest absolute Gasteiger partial charge is 0.294 e. The Morgan fingerprint density at radius 3 is 2.80 bits per heavy atom. The van der Waals surface area contributed by atoms with E-state index in [0.29, 0.717) is 6.42 Å². The molecule has 2 aromatic rings. The third kappa shape index (κ3) is 2.74. The Morgan fingerprint density at radius 2 is 2.27 bits per heavy atom. The number of hydrogen-bond acceptors (Lipinski definition) is 4. The fourth-order valence-corrected chi connectivity index (χ4v) is 2.99. The molecule has 0 aromatic carbocycles. The van der Waals surface area contributed by atoms with Crippen molar-refractivity contribution in [2.24, 2.45) is 0 Å². The van der Waals surface area contributed by atoms with E-state index >= 15 is 0 Å². The second-order valence-corrected chi connectivity index (χ2v) is 6.45. The van der Waals surface area contributed by atoms with Crippen molar-refractivity contribution in [3.8, 4) is 0 Å². The van der Waals surface area contributed by atoms with Gasteiger partial charge in [0.15, 0.2) is 5.78 Å². The molecule has 15 heavy (non-hydrogen) atoms. The van der Waals surface area contributed by atoms with Gasteiger partial charge in [-0.2, -0.15) is 0 Å². The number of hydrogen-bond donors (Lipinski definition) is 0. The number of thiophene rings is 1. The number of carbonyl (C=O) groups is 1. The summed E-state index contributed by atoms with van der Waals surface area (Å²) in [7, 11) is 0. The Labute approximate surface area is 104 Å². The highest BCUT2D eigenvalue weighted by Gasteiger charge is 2.10. The standard InChI is InChI=1S/C10H8BrNOS2/c1-6-12-8(5-14-6)3-9(13)7-2-10(11)15-4-7/h2,4-5H,3H2,1H3. The molecule has 0 saturated carbocycles. The fraction of sp³-hybridized carbons (Fsp3) is 0.200. The molecule has 0 aliphatic rings. The van der Waals surface area contributed by atoms with Crippen molar-refractivity contribution >= 4 is 44.4 Å². The lowest BCUT2D eigenvalue weighted by Gasteiger charge is -1.93. The van der Waals surface area contributed by atoms with Crippen molar-refractivity contribution < 1.29 is 4.79 Å². The monoisotopic (exact) mass is 301 g/mol. The van der Waals surface area contributed by atoms with Gasteiger partial charge in [0.1, 0.15) is 0 Å². The van der Waals surface area contributed by atoms with Crippen LogP contribution in [0.5, 0.6) is 0 Å². The molecule has 5 heteroatoms. The molecule has 0 N–H and O–H groups in total. The first kappa shape index (κ1) is 11.0. The minimum absolute atomic E-state index is 0.127. The fourth-order valence-electron chi connectivity index (χ4n) is 1.21. The van der Waals surface area contributed by atoms with Crippen molar-refractivity contribution in [3.05, 3.63) is 36.9 Å². The number of aryl methyl sites for hydroxylation is 1. The first-order valence-corrected chi connectivity index (χ1v) is 6.88. The van der Waals surface area contributed by atoms with Crippen LogP contribution in [0.1, 0.15) is 21.1 Å². The Morgan fingerprint density at radius 1 is 1.47 bits per heavy atom. The van der Waals surface area contributed by atoms with Gasteiger partial charge in [-0.05, 0) is 28.9 Å². The predicted octanol–water partition coefficient (Wildman–Crippen LogP) is 3.70. The zero-order valence-electron chi connectivity index (χ0n) is 7.99. The van der Waals surface area contributed by atoms with Crippen LogP contribution in [0.2, 0.25) is 0 Å². The summed E-state index contributed by atoms with van der Waals surface area (Å²) in [6.07, 6.45) is 0.396. The predicted molar refractivity (Wildman–Crippen MR) is 66.9 cm³/mol. The topological polar surface area (TPSA) is 30.0 Å². The number of nitrogens with zero attached hydrogens (tertiary/aromatic N) is 1. The van der Waals surface area contributed by atoms with E-state index < -0.39 is 0 Å². The number of thiazole rings is 1.